The lowest BCUT2D eigenvalue weighted by Gasteiger charge is -2.24. The van der Waals surface area contributed by atoms with Crippen molar-refractivity contribution in [2.45, 2.75) is 30.1 Å². The van der Waals surface area contributed by atoms with Crippen molar-refractivity contribution in [2.75, 3.05) is 12.3 Å². The number of likely N-dealkylation sites (tertiary alicyclic amines) is 1. The number of amides is 1. The van der Waals surface area contributed by atoms with Gasteiger partial charge in [-0.25, -0.2) is 4.98 Å². The van der Waals surface area contributed by atoms with Gasteiger partial charge in [-0.15, -0.1) is 0 Å². The lowest BCUT2D eigenvalue weighted by Crippen LogP contribution is -2.31. The summed E-state index contributed by atoms with van der Waals surface area (Å²) in [6, 6.07) is 4.45. The molecule has 0 bridgehead atoms. The Bertz CT molecular complexity index is 686. The molecule has 128 valence electrons. The largest absolute Gasteiger partial charge is 0.417 e. The van der Waals surface area contributed by atoms with Crippen LogP contribution in [0.2, 0.25) is 0 Å². The van der Waals surface area contributed by atoms with Crippen molar-refractivity contribution in [3.63, 3.8) is 0 Å². The van der Waals surface area contributed by atoms with Crippen molar-refractivity contribution in [1.82, 2.24) is 9.88 Å². The van der Waals surface area contributed by atoms with E-state index < -0.39 is 11.7 Å². The Morgan fingerprint density at radius 3 is 2.83 bits per heavy atom. The van der Waals surface area contributed by atoms with Crippen LogP contribution in [0.25, 0.3) is 0 Å². The van der Waals surface area contributed by atoms with E-state index in [9.17, 15) is 18.0 Å². The summed E-state index contributed by atoms with van der Waals surface area (Å²) in [5.74, 6) is 0.175. The Morgan fingerprint density at radius 2 is 2.21 bits per heavy atom. The fourth-order valence-electron chi connectivity index (χ4n) is 2.73. The second kappa shape index (κ2) is 7.14. The second-order valence-electron chi connectivity index (χ2n) is 5.47. The molecule has 8 heteroatoms. The molecule has 0 aliphatic carbocycles. The summed E-state index contributed by atoms with van der Waals surface area (Å²) >= 11 is 2.78. The number of hydrogen-bond donors (Lipinski definition) is 0. The van der Waals surface area contributed by atoms with Crippen LogP contribution in [0.1, 0.15) is 30.0 Å². The van der Waals surface area contributed by atoms with Crippen LogP contribution in [0.3, 0.4) is 0 Å². The Balaban J connectivity index is 1.59. The molecule has 3 heterocycles. The lowest BCUT2D eigenvalue weighted by atomic mass is 10.1. The quantitative estimate of drug-likeness (QED) is 0.735. The van der Waals surface area contributed by atoms with Crippen LogP contribution >= 0.6 is 23.1 Å². The van der Waals surface area contributed by atoms with Crippen molar-refractivity contribution in [1.29, 1.82) is 0 Å². The molecule has 0 aromatic carbocycles. The number of thioether (sulfide) groups is 1. The van der Waals surface area contributed by atoms with E-state index in [0.29, 0.717) is 5.03 Å². The van der Waals surface area contributed by atoms with Gasteiger partial charge in [-0.1, -0.05) is 11.8 Å². The third-order valence-corrected chi connectivity index (χ3v) is 5.54. The highest BCUT2D eigenvalue weighted by Crippen LogP contribution is 2.34. The van der Waals surface area contributed by atoms with Gasteiger partial charge >= 0.3 is 6.18 Å². The Morgan fingerprint density at radius 1 is 1.38 bits per heavy atom. The molecule has 1 amide bonds. The van der Waals surface area contributed by atoms with Gasteiger partial charge in [0.05, 0.1) is 22.4 Å². The maximum atomic E-state index is 12.5. The number of carbonyl (C=O) groups is 1. The molecule has 0 radical (unpaired) electrons. The van der Waals surface area contributed by atoms with Crippen molar-refractivity contribution >= 4 is 29.0 Å². The minimum Gasteiger partial charge on any atom is -0.335 e. The topological polar surface area (TPSA) is 33.2 Å². The molecule has 0 N–H and O–H groups in total. The van der Waals surface area contributed by atoms with Crippen LogP contribution < -0.4 is 0 Å². The molecule has 1 atom stereocenters. The molecule has 2 aromatic rings. The number of alkyl halides is 3. The number of pyridine rings is 1. The van der Waals surface area contributed by atoms with Gasteiger partial charge in [0, 0.05) is 12.7 Å². The van der Waals surface area contributed by atoms with Crippen LogP contribution in [-0.2, 0) is 11.0 Å². The predicted molar refractivity (Wildman–Crippen MR) is 88.0 cm³/mol. The average Bonchev–Trinajstić information content (AvgIpc) is 3.22. The number of rotatable bonds is 4. The zero-order valence-corrected chi connectivity index (χ0v) is 14.3. The Labute approximate surface area is 145 Å². The van der Waals surface area contributed by atoms with Crippen molar-refractivity contribution < 1.29 is 18.0 Å². The first-order valence-electron chi connectivity index (χ1n) is 7.43. The molecular formula is C16H15F3N2OS2. The minimum atomic E-state index is -4.39. The molecule has 2 aromatic heterocycles. The summed E-state index contributed by atoms with van der Waals surface area (Å²) in [6.07, 6.45) is -1.67. The minimum absolute atomic E-state index is 0.00426. The van der Waals surface area contributed by atoms with Crippen molar-refractivity contribution in [3.8, 4) is 0 Å². The van der Waals surface area contributed by atoms with Crippen molar-refractivity contribution in [3.05, 3.63) is 46.3 Å². The summed E-state index contributed by atoms with van der Waals surface area (Å²) < 4.78 is 37.5. The number of carbonyl (C=O) groups excluding carboxylic acids is 1. The molecule has 0 spiro atoms. The molecule has 1 unspecified atom stereocenters. The van der Waals surface area contributed by atoms with Gasteiger partial charge in [-0.05, 0) is 47.4 Å². The van der Waals surface area contributed by atoms with Gasteiger partial charge in [0.2, 0.25) is 5.91 Å². The third kappa shape index (κ3) is 3.92. The second-order valence-corrected chi connectivity index (χ2v) is 7.25. The molecule has 1 saturated heterocycles. The first-order valence-corrected chi connectivity index (χ1v) is 9.35. The fourth-order valence-corrected chi connectivity index (χ4v) is 4.16. The zero-order valence-electron chi connectivity index (χ0n) is 12.6. The van der Waals surface area contributed by atoms with Gasteiger partial charge in [0.25, 0.3) is 0 Å². The summed E-state index contributed by atoms with van der Waals surface area (Å²) in [6.45, 7) is 0.723. The SMILES string of the molecule is O=C(CSc1ccc(C(F)(F)F)cn1)N1CCCC1c1ccsc1. The summed E-state index contributed by atoms with van der Waals surface area (Å²) in [5, 5.41) is 4.47. The van der Waals surface area contributed by atoms with E-state index >= 15 is 0 Å². The van der Waals surface area contributed by atoms with Crippen LogP contribution in [-0.4, -0.2) is 28.1 Å². The number of aromatic nitrogens is 1. The highest BCUT2D eigenvalue weighted by molar-refractivity contribution is 7.99. The normalized spacial score (nSPS) is 18.1. The highest BCUT2D eigenvalue weighted by Gasteiger charge is 2.31. The molecule has 3 rings (SSSR count). The maximum absolute atomic E-state index is 12.5. The lowest BCUT2D eigenvalue weighted by molar-refractivity contribution is -0.138. The van der Waals surface area contributed by atoms with Crippen LogP contribution in [0, 0.1) is 0 Å². The van der Waals surface area contributed by atoms with E-state index in [1.54, 1.807) is 11.3 Å². The van der Waals surface area contributed by atoms with E-state index in [0.717, 1.165) is 37.2 Å². The summed E-state index contributed by atoms with van der Waals surface area (Å²) in [7, 11) is 0. The van der Waals surface area contributed by atoms with E-state index in [1.165, 1.54) is 17.8 Å². The highest BCUT2D eigenvalue weighted by atomic mass is 32.2. The van der Waals surface area contributed by atoms with Gasteiger partial charge in [-0.2, -0.15) is 24.5 Å². The standard InChI is InChI=1S/C16H15F3N2OS2/c17-16(18,19)12-3-4-14(20-8-12)24-10-15(22)21-6-1-2-13(21)11-5-7-23-9-11/h3-5,7-9,13H,1-2,6,10H2. The smallest absolute Gasteiger partial charge is 0.335 e. The fraction of sp³-hybridized carbons (Fsp3) is 0.375. The van der Waals surface area contributed by atoms with Crippen molar-refractivity contribution in [2.24, 2.45) is 0 Å². The van der Waals surface area contributed by atoms with Crippen LogP contribution in [0.5, 0.6) is 0 Å². The van der Waals surface area contributed by atoms with E-state index in [4.69, 9.17) is 0 Å². The van der Waals surface area contributed by atoms with Gasteiger partial charge in [-0.3, -0.25) is 4.79 Å². The monoisotopic (exact) mass is 372 g/mol. The molecule has 24 heavy (non-hydrogen) atoms. The Hall–Kier alpha value is -1.54. The number of hydrogen-bond acceptors (Lipinski definition) is 4. The first-order chi connectivity index (χ1) is 11.4. The van der Waals surface area contributed by atoms with E-state index in [1.807, 2.05) is 16.3 Å². The number of nitrogens with zero attached hydrogens (tertiary/aromatic N) is 2. The molecule has 1 aliphatic rings. The van der Waals surface area contributed by atoms with Gasteiger partial charge in [0.15, 0.2) is 0 Å². The summed E-state index contributed by atoms with van der Waals surface area (Å²) in [5.41, 5.74) is 0.374. The zero-order chi connectivity index (χ0) is 17.2. The van der Waals surface area contributed by atoms with Crippen LogP contribution in [0.15, 0.2) is 40.2 Å². The number of halogens is 3. The number of thiophene rings is 1. The molecular weight excluding hydrogens is 357 g/mol. The molecule has 0 saturated carbocycles. The Kier molecular flexibility index (Phi) is 5.15. The van der Waals surface area contributed by atoms with E-state index in [2.05, 4.69) is 10.4 Å². The average molecular weight is 372 g/mol. The molecule has 1 fully saturated rings. The third-order valence-electron chi connectivity index (χ3n) is 3.91. The van der Waals surface area contributed by atoms with Crippen LogP contribution in [0.4, 0.5) is 13.2 Å². The van der Waals surface area contributed by atoms with E-state index in [-0.39, 0.29) is 17.7 Å². The predicted octanol–water partition coefficient (Wildman–Crippen LogP) is 4.62. The first kappa shape index (κ1) is 17.3. The summed E-state index contributed by atoms with van der Waals surface area (Å²) in [4.78, 5) is 18.1. The maximum Gasteiger partial charge on any atom is 0.417 e. The van der Waals surface area contributed by atoms with Gasteiger partial charge < -0.3 is 4.90 Å². The molecule has 1 aliphatic heterocycles. The van der Waals surface area contributed by atoms with Gasteiger partial charge in [0.1, 0.15) is 0 Å². The molecule has 3 nitrogen and oxygen atoms in total.